The molecule has 0 N–H and O–H groups in total. The number of amides is 1. The molecule has 1 aliphatic rings. The van der Waals surface area contributed by atoms with Crippen molar-refractivity contribution in [3.05, 3.63) is 29.8 Å². The molecule has 1 amide bonds. The highest BCUT2D eigenvalue weighted by Gasteiger charge is 2.22. The second kappa shape index (κ2) is 7.24. The lowest BCUT2D eigenvalue weighted by Crippen LogP contribution is -2.37. The number of piperidine rings is 1. The van der Waals surface area contributed by atoms with Gasteiger partial charge >= 0.3 is 0 Å². The molecular formula is C16H23NO4S. The van der Waals surface area contributed by atoms with Gasteiger partial charge < -0.3 is 4.90 Å². The van der Waals surface area contributed by atoms with E-state index < -0.39 is 10.1 Å². The van der Waals surface area contributed by atoms with Gasteiger partial charge in [-0.25, -0.2) is 0 Å². The molecule has 1 heterocycles. The van der Waals surface area contributed by atoms with Crippen molar-refractivity contribution in [1.29, 1.82) is 0 Å². The van der Waals surface area contributed by atoms with E-state index >= 15 is 0 Å². The van der Waals surface area contributed by atoms with Gasteiger partial charge in [-0.1, -0.05) is 17.7 Å². The molecule has 22 heavy (non-hydrogen) atoms. The maximum Gasteiger partial charge on any atom is 0.296 e. The van der Waals surface area contributed by atoms with Crippen molar-refractivity contribution >= 4 is 16.0 Å². The van der Waals surface area contributed by atoms with E-state index in [-0.39, 0.29) is 17.4 Å². The van der Waals surface area contributed by atoms with Gasteiger partial charge in [-0.2, -0.15) is 8.42 Å². The predicted octanol–water partition coefficient (Wildman–Crippen LogP) is 2.35. The average molecular weight is 325 g/mol. The number of benzene rings is 1. The molecule has 0 aromatic heterocycles. The molecule has 122 valence electrons. The van der Waals surface area contributed by atoms with Crippen LogP contribution in [-0.4, -0.2) is 38.9 Å². The molecule has 5 nitrogen and oxygen atoms in total. The lowest BCUT2D eigenvalue weighted by molar-refractivity contribution is -0.130. The fourth-order valence-electron chi connectivity index (χ4n) is 2.63. The lowest BCUT2D eigenvalue weighted by atomic mass is 9.94. The third kappa shape index (κ3) is 4.55. The zero-order valence-corrected chi connectivity index (χ0v) is 13.9. The molecule has 0 aliphatic carbocycles. The van der Waals surface area contributed by atoms with Crippen molar-refractivity contribution in [3.63, 3.8) is 0 Å². The highest BCUT2D eigenvalue weighted by atomic mass is 32.2. The van der Waals surface area contributed by atoms with E-state index in [0.29, 0.717) is 12.3 Å². The van der Waals surface area contributed by atoms with Crippen LogP contribution in [0.3, 0.4) is 0 Å². The first-order chi connectivity index (χ1) is 10.4. The summed E-state index contributed by atoms with van der Waals surface area (Å²) in [5.74, 6) is 0.528. The fraction of sp³-hybridized carbons (Fsp3) is 0.562. The van der Waals surface area contributed by atoms with Gasteiger partial charge in [-0.3, -0.25) is 8.98 Å². The van der Waals surface area contributed by atoms with Gasteiger partial charge in [0.2, 0.25) is 5.91 Å². The molecule has 1 aliphatic heterocycles. The normalized spacial score (nSPS) is 16.7. The molecule has 0 bridgehead atoms. The van der Waals surface area contributed by atoms with Gasteiger partial charge in [0.05, 0.1) is 11.5 Å². The zero-order chi connectivity index (χ0) is 16.2. The van der Waals surface area contributed by atoms with Crippen LogP contribution in [0.15, 0.2) is 29.2 Å². The second-order valence-electron chi connectivity index (χ2n) is 5.83. The van der Waals surface area contributed by atoms with E-state index in [2.05, 4.69) is 0 Å². The summed E-state index contributed by atoms with van der Waals surface area (Å²) in [6, 6.07) is 6.65. The third-order valence-corrected chi connectivity index (χ3v) is 5.46. The van der Waals surface area contributed by atoms with Crippen molar-refractivity contribution < 1.29 is 17.4 Å². The van der Waals surface area contributed by atoms with Crippen LogP contribution in [0, 0.1) is 12.8 Å². The first-order valence-corrected chi connectivity index (χ1v) is 9.01. The number of carbonyl (C=O) groups excluding carboxylic acids is 1. The van der Waals surface area contributed by atoms with Crippen molar-refractivity contribution in [2.24, 2.45) is 5.92 Å². The molecule has 0 spiro atoms. The SMILES string of the molecule is CC(=O)N1CCC(CCOS(=O)(=O)c2ccc(C)cc2)CC1. The molecule has 6 heteroatoms. The summed E-state index contributed by atoms with van der Waals surface area (Å²) in [6.07, 6.45) is 2.53. The van der Waals surface area contributed by atoms with Crippen molar-refractivity contribution in [3.8, 4) is 0 Å². The number of nitrogens with zero attached hydrogens (tertiary/aromatic N) is 1. The predicted molar refractivity (Wildman–Crippen MR) is 83.9 cm³/mol. The van der Waals surface area contributed by atoms with Gasteiger partial charge in [0.1, 0.15) is 0 Å². The molecule has 0 atom stereocenters. The topological polar surface area (TPSA) is 63.7 Å². The van der Waals surface area contributed by atoms with Crippen molar-refractivity contribution in [1.82, 2.24) is 4.90 Å². The summed E-state index contributed by atoms with van der Waals surface area (Å²) in [4.78, 5) is 13.3. The number of rotatable bonds is 5. The molecule has 0 saturated carbocycles. The number of aryl methyl sites for hydroxylation is 1. The molecular weight excluding hydrogens is 302 g/mol. The van der Waals surface area contributed by atoms with Gasteiger partial charge in [0.15, 0.2) is 0 Å². The molecule has 1 saturated heterocycles. The summed E-state index contributed by atoms with van der Waals surface area (Å²) in [6.45, 7) is 5.19. The van der Waals surface area contributed by atoms with Gasteiger partial charge in [0, 0.05) is 20.0 Å². The Labute approximate surface area is 132 Å². The van der Waals surface area contributed by atoms with E-state index in [1.54, 1.807) is 31.2 Å². The van der Waals surface area contributed by atoms with E-state index in [9.17, 15) is 13.2 Å². The number of likely N-dealkylation sites (tertiary alicyclic amines) is 1. The summed E-state index contributed by atoms with van der Waals surface area (Å²) in [5.41, 5.74) is 1.01. The van der Waals surface area contributed by atoms with Crippen LogP contribution in [0.2, 0.25) is 0 Å². The minimum absolute atomic E-state index is 0.108. The monoisotopic (exact) mass is 325 g/mol. The molecule has 1 aromatic carbocycles. The Hall–Kier alpha value is -1.40. The number of carbonyl (C=O) groups is 1. The largest absolute Gasteiger partial charge is 0.343 e. The highest BCUT2D eigenvalue weighted by Crippen LogP contribution is 2.21. The molecule has 1 aromatic rings. The Morgan fingerprint density at radius 2 is 1.82 bits per heavy atom. The smallest absolute Gasteiger partial charge is 0.296 e. The van der Waals surface area contributed by atoms with Gasteiger partial charge in [0.25, 0.3) is 10.1 Å². The minimum Gasteiger partial charge on any atom is -0.343 e. The standard InChI is InChI=1S/C16H23NO4S/c1-13-3-5-16(6-4-13)22(19,20)21-12-9-15-7-10-17(11-8-15)14(2)18/h3-6,15H,7-12H2,1-2H3. The summed E-state index contributed by atoms with van der Waals surface area (Å²) in [5, 5.41) is 0. The van der Waals surface area contributed by atoms with Crippen molar-refractivity contribution in [2.75, 3.05) is 19.7 Å². The van der Waals surface area contributed by atoms with E-state index in [1.165, 1.54) is 0 Å². The molecule has 2 rings (SSSR count). The Kier molecular flexibility index (Phi) is 5.58. The van der Waals surface area contributed by atoms with Crippen LogP contribution < -0.4 is 0 Å². The quantitative estimate of drug-likeness (QED) is 0.780. The third-order valence-electron chi connectivity index (χ3n) is 4.13. The van der Waals surface area contributed by atoms with Crippen molar-refractivity contribution in [2.45, 2.75) is 38.0 Å². The maximum atomic E-state index is 12.1. The molecule has 1 fully saturated rings. The second-order valence-corrected chi connectivity index (χ2v) is 7.44. The highest BCUT2D eigenvalue weighted by molar-refractivity contribution is 7.86. The maximum absolute atomic E-state index is 12.1. The number of hydrogen-bond donors (Lipinski definition) is 0. The summed E-state index contributed by atoms with van der Waals surface area (Å²) in [7, 11) is -3.67. The van der Waals surface area contributed by atoms with E-state index in [0.717, 1.165) is 31.5 Å². The van der Waals surface area contributed by atoms with Crippen LogP contribution in [-0.2, 0) is 19.1 Å². The zero-order valence-electron chi connectivity index (χ0n) is 13.1. The Morgan fingerprint density at radius 1 is 1.23 bits per heavy atom. The average Bonchev–Trinajstić information content (AvgIpc) is 2.48. The Balaban J connectivity index is 1.79. The lowest BCUT2D eigenvalue weighted by Gasteiger charge is -2.31. The van der Waals surface area contributed by atoms with E-state index in [4.69, 9.17) is 4.18 Å². The number of hydrogen-bond acceptors (Lipinski definition) is 4. The first-order valence-electron chi connectivity index (χ1n) is 7.60. The first kappa shape index (κ1) is 17.0. The van der Waals surface area contributed by atoms with Crippen LogP contribution in [0.5, 0.6) is 0 Å². The minimum atomic E-state index is -3.67. The molecule has 0 radical (unpaired) electrons. The van der Waals surface area contributed by atoms with Crippen LogP contribution in [0.4, 0.5) is 0 Å². The van der Waals surface area contributed by atoms with Crippen LogP contribution in [0.25, 0.3) is 0 Å². The summed E-state index contributed by atoms with van der Waals surface area (Å²) >= 11 is 0. The van der Waals surface area contributed by atoms with Crippen LogP contribution in [0.1, 0.15) is 31.7 Å². The van der Waals surface area contributed by atoms with Gasteiger partial charge in [-0.15, -0.1) is 0 Å². The Morgan fingerprint density at radius 3 is 2.36 bits per heavy atom. The summed E-state index contributed by atoms with van der Waals surface area (Å²) < 4.78 is 29.2. The molecule has 0 unspecified atom stereocenters. The van der Waals surface area contributed by atoms with Crippen LogP contribution >= 0.6 is 0 Å². The van der Waals surface area contributed by atoms with Gasteiger partial charge in [-0.05, 0) is 44.2 Å². The Bertz CT molecular complexity index is 602. The fourth-order valence-corrected chi connectivity index (χ4v) is 3.56. The van der Waals surface area contributed by atoms with E-state index in [1.807, 2.05) is 11.8 Å².